The monoisotopic (exact) mass is 772 g/mol. The van der Waals surface area contributed by atoms with Gasteiger partial charge in [0.05, 0.1) is 25.7 Å². The minimum Gasteiger partial charge on any atom is -0.184 e. The van der Waals surface area contributed by atoms with Gasteiger partial charge in [0.2, 0.25) is 0 Å². The maximum absolute atomic E-state index is 4.93. The van der Waals surface area contributed by atoms with Gasteiger partial charge in [0, 0.05) is 0 Å². The molecule has 238 valence electrons. The van der Waals surface area contributed by atoms with Crippen molar-refractivity contribution in [2.45, 2.75) is 79.3 Å². The van der Waals surface area contributed by atoms with Crippen molar-refractivity contribution in [2.75, 3.05) is 0 Å². The predicted molar refractivity (Wildman–Crippen MR) is 211 cm³/mol. The fourth-order valence-electron chi connectivity index (χ4n) is 6.16. The SMILES string of the molecule is CCCc1ccc2[cH-]c(CC(C)C)cc2c1-c1cc([Si](C)(C)C)cc([Si](C)(C)C)c1.[Cl][Zr+2][Cl].[c-]1cccc2c1[Si]c1ccccc1-2. The van der Waals surface area contributed by atoms with Crippen LogP contribution in [0.25, 0.3) is 33.0 Å². The van der Waals surface area contributed by atoms with E-state index in [1.165, 1.54) is 60.9 Å². The Morgan fingerprint density at radius 1 is 0.826 bits per heavy atom. The summed E-state index contributed by atoms with van der Waals surface area (Å²) in [5.74, 6) is 0.689. The average Bonchev–Trinajstić information content (AvgIpc) is 3.57. The van der Waals surface area contributed by atoms with Gasteiger partial charge >= 0.3 is 37.9 Å². The minimum absolute atomic E-state index is 0.689. The van der Waals surface area contributed by atoms with Crippen LogP contribution in [0.4, 0.5) is 0 Å². The first-order chi connectivity index (χ1) is 21.8. The maximum Gasteiger partial charge on any atom is 0.0920 e. The van der Waals surface area contributed by atoms with Gasteiger partial charge in [-0.15, -0.1) is 40.1 Å². The Morgan fingerprint density at radius 2 is 1.46 bits per heavy atom. The first-order valence-corrected chi connectivity index (χ1v) is 30.8. The number of hydrogen-bond acceptors (Lipinski definition) is 0. The molecule has 0 saturated carbocycles. The van der Waals surface area contributed by atoms with Crippen LogP contribution in [0.2, 0.25) is 39.3 Å². The van der Waals surface area contributed by atoms with Gasteiger partial charge in [-0.05, 0) is 24.3 Å². The Balaban J connectivity index is 0.000000245. The molecule has 0 nitrogen and oxygen atoms in total. The summed E-state index contributed by atoms with van der Waals surface area (Å²) in [5.41, 5.74) is 8.73. The summed E-state index contributed by atoms with van der Waals surface area (Å²) < 4.78 is 0. The molecule has 6 heteroatoms. The van der Waals surface area contributed by atoms with Crippen molar-refractivity contribution in [1.29, 1.82) is 0 Å². The Bertz CT molecular complexity index is 1680. The van der Waals surface area contributed by atoms with Gasteiger partial charge in [0.15, 0.2) is 0 Å². The second kappa shape index (κ2) is 16.3. The first-order valence-electron chi connectivity index (χ1n) is 16.5. The molecule has 0 atom stereocenters. The molecule has 6 rings (SSSR count). The molecule has 0 saturated heterocycles. The van der Waals surface area contributed by atoms with Crippen LogP contribution >= 0.6 is 17.0 Å². The third-order valence-electron chi connectivity index (χ3n) is 8.49. The minimum atomic E-state index is -1.41. The zero-order chi connectivity index (χ0) is 33.6. The van der Waals surface area contributed by atoms with E-state index in [2.05, 4.69) is 145 Å². The van der Waals surface area contributed by atoms with Crippen molar-refractivity contribution in [1.82, 2.24) is 0 Å². The molecule has 1 aliphatic heterocycles. The van der Waals surface area contributed by atoms with E-state index in [9.17, 15) is 0 Å². The van der Waals surface area contributed by atoms with Gasteiger partial charge in [-0.2, -0.15) is 35.5 Å². The second-order valence-electron chi connectivity index (χ2n) is 14.8. The summed E-state index contributed by atoms with van der Waals surface area (Å²) in [5, 5.41) is 8.90. The molecule has 0 spiro atoms. The van der Waals surface area contributed by atoms with E-state index in [1.807, 2.05) is 6.07 Å². The molecule has 0 aromatic heterocycles. The van der Waals surface area contributed by atoms with E-state index < -0.39 is 37.0 Å². The van der Waals surface area contributed by atoms with Crippen molar-refractivity contribution in [3.05, 3.63) is 102 Å². The third-order valence-corrected chi connectivity index (χ3v) is 13.9. The van der Waals surface area contributed by atoms with Gasteiger partial charge in [0.25, 0.3) is 0 Å². The van der Waals surface area contributed by atoms with Crippen LogP contribution in [0.15, 0.2) is 84.9 Å². The van der Waals surface area contributed by atoms with E-state index >= 15 is 0 Å². The molecule has 0 amide bonds. The van der Waals surface area contributed by atoms with Gasteiger partial charge in [-0.25, -0.2) is 0 Å². The van der Waals surface area contributed by atoms with Crippen molar-refractivity contribution in [3.8, 4) is 22.3 Å². The number of fused-ring (bicyclic) bond motifs is 4. The fraction of sp³-hybridized carbons (Fsp3) is 0.325. The summed E-state index contributed by atoms with van der Waals surface area (Å²) in [4.78, 5) is 0. The fourth-order valence-corrected chi connectivity index (χ4v) is 9.97. The summed E-state index contributed by atoms with van der Waals surface area (Å²) in [6.45, 7) is 21.8. The third kappa shape index (κ3) is 9.39. The molecular weight excluding hydrogens is 727 g/mol. The van der Waals surface area contributed by atoms with Gasteiger partial charge < -0.3 is 0 Å². The van der Waals surface area contributed by atoms with Gasteiger partial charge in [-0.3, -0.25) is 0 Å². The van der Waals surface area contributed by atoms with Gasteiger partial charge in [-0.1, -0.05) is 141 Å². The van der Waals surface area contributed by atoms with Crippen molar-refractivity contribution in [2.24, 2.45) is 5.92 Å². The summed E-state index contributed by atoms with van der Waals surface area (Å²) in [6, 6.07) is 35.5. The van der Waals surface area contributed by atoms with E-state index in [4.69, 9.17) is 17.0 Å². The molecule has 5 aromatic carbocycles. The normalized spacial score (nSPS) is 12.1. The number of halogens is 2. The first kappa shape index (κ1) is 37.4. The maximum atomic E-state index is 4.93. The second-order valence-corrected chi connectivity index (χ2v) is 30.0. The molecule has 46 heavy (non-hydrogen) atoms. The van der Waals surface area contributed by atoms with Crippen LogP contribution in [0.1, 0.15) is 38.3 Å². The molecule has 1 heterocycles. The molecule has 0 aliphatic carbocycles. The molecular formula is C40H48Cl2Si3Zr. The van der Waals surface area contributed by atoms with Crippen LogP contribution in [0, 0.1) is 12.0 Å². The van der Waals surface area contributed by atoms with Crippen LogP contribution < -0.4 is 20.7 Å². The van der Waals surface area contributed by atoms with Crippen LogP contribution in [-0.4, -0.2) is 25.7 Å². The Hall–Kier alpha value is -1.40. The molecule has 1 aliphatic rings. The smallest absolute Gasteiger partial charge is 0.0920 e. The van der Waals surface area contributed by atoms with Crippen molar-refractivity contribution in [3.63, 3.8) is 0 Å². The van der Waals surface area contributed by atoms with E-state index in [-0.39, 0.29) is 0 Å². The molecule has 5 aromatic rings. The number of rotatable bonds is 7. The van der Waals surface area contributed by atoms with E-state index in [0.29, 0.717) is 5.92 Å². The zero-order valence-electron chi connectivity index (χ0n) is 29.0. The largest absolute Gasteiger partial charge is 0.184 e. The Morgan fingerprint density at radius 3 is 2.07 bits per heavy atom. The predicted octanol–water partition coefficient (Wildman–Crippen LogP) is 9.97. The van der Waals surface area contributed by atoms with Crippen LogP contribution in [0.5, 0.6) is 0 Å². The summed E-state index contributed by atoms with van der Waals surface area (Å²) in [6.07, 6.45) is 3.49. The number of hydrogen-bond donors (Lipinski definition) is 0. The summed E-state index contributed by atoms with van der Waals surface area (Å²) >= 11 is -0.826. The van der Waals surface area contributed by atoms with Crippen LogP contribution in [0.3, 0.4) is 0 Å². The molecule has 0 bridgehead atoms. The molecule has 2 radical (unpaired) electrons. The van der Waals surface area contributed by atoms with Crippen molar-refractivity contribution >= 4 is 74.2 Å². The molecule has 0 N–H and O–H groups in total. The topological polar surface area (TPSA) is 0 Å². The summed E-state index contributed by atoms with van der Waals surface area (Å²) in [7, 11) is 7.85. The van der Waals surface area contributed by atoms with Crippen molar-refractivity contribution < 1.29 is 20.8 Å². The van der Waals surface area contributed by atoms with E-state index in [0.717, 1.165) is 22.4 Å². The molecule has 0 unspecified atom stereocenters. The number of aryl methyl sites for hydroxylation is 1. The zero-order valence-corrected chi connectivity index (χ0v) is 36.0. The van der Waals surface area contributed by atoms with E-state index in [1.54, 1.807) is 10.4 Å². The Labute approximate surface area is 302 Å². The molecule has 0 fully saturated rings. The van der Waals surface area contributed by atoms with Gasteiger partial charge in [0.1, 0.15) is 0 Å². The quantitative estimate of drug-likeness (QED) is 0.112. The van der Waals surface area contributed by atoms with Crippen LogP contribution in [-0.2, 0) is 33.7 Å². The number of benzene rings is 4. The Kier molecular flexibility index (Phi) is 13.3. The standard InChI is InChI=1S/C28H41Si2.C12H7Si.2ClH.Zr/c1-10-11-22-12-13-23-15-21(14-20(2)3)16-27(23)28(22)24-17-25(29(4,5)6)19-26(18-24)30(7,8)9;1-3-7-11-9(5-1)10-6-2-4-8-12(10)13-11;;;/h12-13,15-20H,10-11,14H2,1-9H3;1-7H;2*1H;/q2*-1;;;+4/p-2. The average molecular weight is 775 g/mol.